The van der Waals surface area contributed by atoms with Crippen LogP contribution in [0.1, 0.15) is 15.2 Å². The maximum absolute atomic E-state index is 12.0. The van der Waals surface area contributed by atoms with E-state index in [9.17, 15) is 4.79 Å². The van der Waals surface area contributed by atoms with Crippen molar-refractivity contribution in [3.63, 3.8) is 0 Å². The van der Waals surface area contributed by atoms with Crippen molar-refractivity contribution < 1.29 is 4.79 Å². The van der Waals surface area contributed by atoms with E-state index in [1.165, 1.54) is 11.3 Å². The summed E-state index contributed by atoms with van der Waals surface area (Å²) in [6.45, 7) is 1.95. The number of para-hydroxylation sites is 2. The first kappa shape index (κ1) is 12.1. The fourth-order valence-corrected chi connectivity index (χ4v) is 2.80. The molecular formula is C12H11BrN2OS. The van der Waals surface area contributed by atoms with Gasteiger partial charge in [-0.05, 0) is 46.6 Å². The van der Waals surface area contributed by atoms with Crippen molar-refractivity contribution in [2.75, 3.05) is 11.1 Å². The van der Waals surface area contributed by atoms with Crippen LogP contribution >= 0.6 is 27.3 Å². The number of hydrogen-bond acceptors (Lipinski definition) is 3. The second-order valence-corrected chi connectivity index (χ2v) is 5.98. The molecule has 0 spiro atoms. The molecule has 5 heteroatoms. The molecule has 0 aliphatic carbocycles. The first-order valence-corrected chi connectivity index (χ1v) is 6.60. The van der Waals surface area contributed by atoms with E-state index in [0.29, 0.717) is 16.3 Å². The maximum Gasteiger partial charge on any atom is 0.265 e. The number of nitrogens with one attached hydrogen (secondary N) is 1. The third kappa shape index (κ3) is 2.68. The predicted octanol–water partition coefficient (Wildman–Crippen LogP) is 3.65. The number of amides is 1. The molecule has 0 radical (unpaired) electrons. The Hall–Kier alpha value is -1.33. The zero-order chi connectivity index (χ0) is 12.4. The summed E-state index contributed by atoms with van der Waals surface area (Å²) < 4.78 is 0.976. The van der Waals surface area contributed by atoms with Gasteiger partial charge in [-0.3, -0.25) is 4.79 Å². The maximum atomic E-state index is 12.0. The second-order valence-electron chi connectivity index (χ2n) is 3.61. The van der Waals surface area contributed by atoms with Crippen LogP contribution in [0, 0.1) is 6.92 Å². The van der Waals surface area contributed by atoms with Gasteiger partial charge in [0.25, 0.3) is 5.91 Å². The highest BCUT2D eigenvalue weighted by molar-refractivity contribution is 9.11. The van der Waals surface area contributed by atoms with Crippen molar-refractivity contribution in [1.29, 1.82) is 0 Å². The molecule has 88 valence electrons. The highest BCUT2D eigenvalue weighted by Crippen LogP contribution is 2.28. The van der Waals surface area contributed by atoms with E-state index in [1.807, 2.05) is 25.1 Å². The van der Waals surface area contributed by atoms with Crippen LogP contribution in [0.2, 0.25) is 0 Å². The second kappa shape index (κ2) is 4.89. The van der Waals surface area contributed by atoms with Crippen LogP contribution in [0.3, 0.4) is 0 Å². The van der Waals surface area contributed by atoms with Crippen LogP contribution in [-0.4, -0.2) is 5.91 Å². The highest BCUT2D eigenvalue weighted by Gasteiger charge is 2.12. The summed E-state index contributed by atoms with van der Waals surface area (Å²) in [7, 11) is 0. The zero-order valence-electron chi connectivity index (χ0n) is 9.16. The monoisotopic (exact) mass is 310 g/mol. The summed E-state index contributed by atoms with van der Waals surface area (Å²) in [6.07, 6.45) is 0. The number of hydrogen-bond donors (Lipinski definition) is 2. The largest absolute Gasteiger partial charge is 0.397 e. The molecule has 0 atom stereocenters. The number of nitrogen functional groups attached to an aromatic ring is 1. The Morgan fingerprint density at radius 3 is 2.71 bits per heavy atom. The van der Waals surface area contributed by atoms with Crippen LogP contribution in [-0.2, 0) is 0 Å². The lowest BCUT2D eigenvalue weighted by Crippen LogP contribution is -2.11. The number of halogens is 1. The number of carbonyl (C=O) groups is 1. The number of thiophene rings is 1. The summed E-state index contributed by atoms with van der Waals surface area (Å²) in [4.78, 5) is 12.6. The molecule has 3 N–H and O–H groups in total. The van der Waals surface area contributed by atoms with E-state index < -0.39 is 0 Å². The fraction of sp³-hybridized carbons (Fsp3) is 0.0833. The van der Waals surface area contributed by atoms with Crippen LogP contribution < -0.4 is 11.1 Å². The average Bonchev–Trinajstić information content (AvgIpc) is 2.63. The number of anilines is 2. The molecule has 2 rings (SSSR count). The highest BCUT2D eigenvalue weighted by atomic mass is 79.9. The number of aryl methyl sites for hydroxylation is 1. The van der Waals surface area contributed by atoms with Gasteiger partial charge in [0.05, 0.1) is 20.0 Å². The van der Waals surface area contributed by atoms with Crippen molar-refractivity contribution >= 4 is 44.5 Å². The molecule has 2 aromatic rings. The third-order valence-electron chi connectivity index (χ3n) is 2.29. The molecule has 0 bridgehead atoms. The lowest BCUT2D eigenvalue weighted by molar-refractivity contribution is 0.103. The number of benzene rings is 1. The Kier molecular flexibility index (Phi) is 3.49. The van der Waals surface area contributed by atoms with Gasteiger partial charge in [-0.25, -0.2) is 0 Å². The van der Waals surface area contributed by atoms with E-state index in [1.54, 1.807) is 12.1 Å². The Bertz CT molecular complexity index is 546. The van der Waals surface area contributed by atoms with E-state index in [2.05, 4.69) is 21.2 Å². The fourth-order valence-electron chi connectivity index (χ4n) is 1.37. The van der Waals surface area contributed by atoms with Crippen LogP contribution in [0.5, 0.6) is 0 Å². The quantitative estimate of drug-likeness (QED) is 0.832. The van der Waals surface area contributed by atoms with Crippen molar-refractivity contribution in [3.8, 4) is 0 Å². The first-order chi connectivity index (χ1) is 8.08. The minimum Gasteiger partial charge on any atom is -0.397 e. The Morgan fingerprint density at radius 2 is 2.12 bits per heavy atom. The molecule has 1 aromatic heterocycles. The van der Waals surface area contributed by atoms with Gasteiger partial charge in [-0.15, -0.1) is 11.3 Å². The summed E-state index contributed by atoms with van der Waals surface area (Å²) in [5.74, 6) is -0.137. The standard InChI is InChI=1S/C12H11BrN2OS/c1-7-6-10(17-11(7)13)12(16)15-9-5-3-2-4-8(9)14/h2-6H,14H2,1H3,(H,15,16). The summed E-state index contributed by atoms with van der Waals surface area (Å²) in [6, 6.07) is 9.05. The molecule has 1 aromatic carbocycles. The molecule has 0 aliphatic heterocycles. The Balaban J connectivity index is 2.20. The first-order valence-electron chi connectivity index (χ1n) is 4.99. The van der Waals surface area contributed by atoms with Gasteiger partial charge in [0.1, 0.15) is 0 Å². The van der Waals surface area contributed by atoms with Gasteiger partial charge >= 0.3 is 0 Å². The molecule has 0 saturated carbocycles. The van der Waals surface area contributed by atoms with Crippen LogP contribution in [0.25, 0.3) is 0 Å². The predicted molar refractivity (Wildman–Crippen MR) is 75.6 cm³/mol. The van der Waals surface area contributed by atoms with E-state index in [4.69, 9.17) is 5.73 Å². The van der Waals surface area contributed by atoms with Crippen LogP contribution in [0.15, 0.2) is 34.1 Å². The minimum absolute atomic E-state index is 0.137. The smallest absolute Gasteiger partial charge is 0.265 e. The lowest BCUT2D eigenvalue weighted by atomic mass is 10.2. The minimum atomic E-state index is -0.137. The zero-order valence-corrected chi connectivity index (χ0v) is 11.6. The van der Waals surface area contributed by atoms with Crippen molar-refractivity contribution in [2.45, 2.75) is 6.92 Å². The van der Waals surface area contributed by atoms with Crippen LogP contribution in [0.4, 0.5) is 11.4 Å². The SMILES string of the molecule is Cc1cc(C(=O)Nc2ccccc2N)sc1Br. The van der Waals surface area contributed by atoms with Gasteiger partial charge in [0.2, 0.25) is 0 Å². The molecule has 0 aliphatic rings. The normalized spacial score (nSPS) is 10.2. The molecule has 17 heavy (non-hydrogen) atoms. The molecule has 0 unspecified atom stereocenters. The van der Waals surface area contributed by atoms with Gasteiger partial charge in [-0.2, -0.15) is 0 Å². The van der Waals surface area contributed by atoms with Crippen molar-refractivity contribution in [3.05, 3.63) is 44.6 Å². The van der Waals surface area contributed by atoms with Crippen molar-refractivity contribution in [2.24, 2.45) is 0 Å². The average molecular weight is 311 g/mol. The van der Waals surface area contributed by atoms with E-state index in [0.717, 1.165) is 9.35 Å². The van der Waals surface area contributed by atoms with Gasteiger partial charge in [0, 0.05) is 0 Å². The number of rotatable bonds is 2. The number of carbonyl (C=O) groups excluding carboxylic acids is 1. The summed E-state index contributed by atoms with van der Waals surface area (Å²) >= 11 is 4.81. The Morgan fingerprint density at radius 1 is 1.41 bits per heavy atom. The molecule has 3 nitrogen and oxygen atoms in total. The van der Waals surface area contributed by atoms with E-state index >= 15 is 0 Å². The number of nitrogens with two attached hydrogens (primary N) is 1. The Labute approximate surface area is 112 Å². The molecule has 1 amide bonds. The third-order valence-corrected chi connectivity index (χ3v) is 4.43. The lowest BCUT2D eigenvalue weighted by Gasteiger charge is -2.05. The summed E-state index contributed by atoms with van der Waals surface area (Å²) in [5, 5.41) is 2.79. The van der Waals surface area contributed by atoms with E-state index in [-0.39, 0.29) is 5.91 Å². The van der Waals surface area contributed by atoms with Gasteiger partial charge in [-0.1, -0.05) is 12.1 Å². The molecule has 0 saturated heterocycles. The van der Waals surface area contributed by atoms with Gasteiger partial charge in [0.15, 0.2) is 0 Å². The molecular weight excluding hydrogens is 300 g/mol. The molecule has 0 fully saturated rings. The van der Waals surface area contributed by atoms with Crippen molar-refractivity contribution in [1.82, 2.24) is 0 Å². The summed E-state index contributed by atoms with van der Waals surface area (Å²) in [5.41, 5.74) is 8.02. The van der Waals surface area contributed by atoms with Gasteiger partial charge < -0.3 is 11.1 Å². The molecule has 1 heterocycles. The topological polar surface area (TPSA) is 55.1 Å².